The second-order valence-corrected chi connectivity index (χ2v) is 5.94. The zero-order valence-corrected chi connectivity index (χ0v) is 12.6. The van der Waals surface area contributed by atoms with E-state index >= 15 is 0 Å². The lowest BCUT2D eigenvalue weighted by atomic mass is 9.87. The molecule has 0 spiro atoms. The number of nitrogens with one attached hydrogen (secondary N) is 1. The molecule has 0 unspecified atom stereocenters. The largest absolute Gasteiger partial charge is 0.454 e. The first kappa shape index (κ1) is 14.0. The zero-order chi connectivity index (χ0) is 15.7. The van der Waals surface area contributed by atoms with Gasteiger partial charge in [-0.3, -0.25) is 4.79 Å². The molecule has 1 aromatic heterocycles. The quantitative estimate of drug-likeness (QED) is 0.942. The zero-order valence-electron chi connectivity index (χ0n) is 12.6. The fourth-order valence-electron chi connectivity index (χ4n) is 3.36. The topological polar surface area (TPSA) is 73.3 Å². The van der Waals surface area contributed by atoms with Gasteiger partial charge >= 0.3 is 0 Å². The maximum Gasteiger partial charge on any atom is 0.255 e. The highest BCUT2D eigenvalue weighted by atomic mass is 16.7. The molecule has 1 aromatic carbocycles. The summed E-state index contributed by atoms with van der Waals surface area (Å²) >= 11 is 0. The van der Waals surface area contributed by atoms with Crippen LogP contribution in [-0.2, 0) is 5.54 Å². The first-order chi connectivity index (χ1) is 11.3. The van der Waals surface area contributed by atoms with Crippen molar-refractivity contribution in [3.63, 3.8) is 0 Å². The van der Waals surface area contributed by atoms with Gasteiger partial charge < -0.3 is 14.8 Å². The van der Waals surface area contributed by atoms with Crippen LogP contribution in [-0.4, -0.2) is 22.7 Å². The lowest BCUT2D eigenvalue weighted by molar-refractivity contribution is 0.0897. The van der Waals surface area contributed by atoms with Crippen LogP contribution in [0.25, 0.3) is 0 Å². The number of carbonyl (C=O) groups is 1. The number of amides is 1. The number of benzene rings is 1. The van der Waals surface area contributed by atoms with E-state index in [1.54, 1.807) is 0 Å². The van der Waals surface area contributed by atoms with Crippen molar-refractivity contribution >= 4 is 5.91 Å². The van der Waals surface area contributed by atoms with Gasteiger partial charge in [0.25, 0.3) is 5.91 Å². The molecule has 4 rings (SSSR count). The van der Waals surface area contributed by atoms with Crippen LogP contribution >= 0.6 is 0 Å². The Labute approximate surface area is 133 Å². The van der Waals surface area contributed by atoms with Crippen LogP contribution in [0.3, 0.4) is 0 Å². The summed E-state index contributed by atoms with van der Waals surface area (Å²) in [4.78, 5) is 20.4. The molecule has 1 aliphatic heterocycles. The number of nitrogens with zero attached hydrogens (tertiary/aromatic N) is 2. The van der Waals surface area contributed by atoms with Crippen molar-refractivity contribution < 1.29 is 14.3 Å². The molecule has 0 bridgehead atoms. The van der Waals surface area contributed by atoms with Crippen LogP contribution in [0.15, 0.2) is 36.9 Å². The summed E-state index contributed by atoms with van der Waals surface area (Å²) in [5.74, 6) is 1.35. The molecular weight excluding hydrogens is 294 g/mol. The van der Waals surface area contributed by atoms with Gasteiger partial charge in [-0.2, -0.15) is 0 Å². The SMILES string of the molecule is O=C(NC1(c2ccc3c(c2)OCO3)CCCC1)c1cncnc1. The number of hydrogen-bond donors (Lipinski definition) is 1. The second kappa shape index (κ2) is 5.53. The Balaban J connectivity index is 1.65. The van der Waals surface area contributed by atoms with E-state index in [0.29, 0.717) is 5.56 Å². The molecule has 1 aliphatic carbocycles. The summed E-state index contributed by atoms with van der Waals surface area (Å²) in [6, 6.07) is 5.91. The van der Waals surface area contributed by atoms with Crippen molar-refractivity contribution in [2.75, 3.05) is 6.79 Å². The predicted molar refractivity (Wildman–Crippen MR) is 82.2 cm³/mol. The minimum atomic E-state index is -0.367. The fraction of sp³-hybridized carbons (Fsp3) is 0.353. The van der Waals surface area contributed by atoms with Crippen molar-refractivity contribution in [3.05, 3.63) is 48.0 Å². The minimum Gasteiger partial charge on any atom is -0.454 e. The Morgan fingerprint density at radius 2 is 1.83 bits per heavy atom. The van der Waals surface area contributed by atoms with Crippen molar-refractivity contribution in [1.29, 1.82) is 0 Å². The molecule has 6 heteroatoms. The van der Waals surface area contributed by atoms with Gasteiger partial charge in [0.2, 0.25) is 6.79 Å². The van der Waals surface area contributed by atoms with E-state index in [0.717, 1.165) is 42.7 Å². The van der Waals surface area contributed by atoms with E-state index in [1.165, 1.54) is 18.7 Å². The fourth-order valence-corrected chi connectivity index (χ4v) is 3.36. The molecule has 1 amide bonds. The van der Waals surface area contributed by atoms with Crippen molar-refractivity contribution in [1.82, 2.24) is 15.3 Å². The summed E-state index contributed by atoms with van der Waals surface area (Å²) in [6.45, 7) is 0.250. The third-order valence-corrected chi connectivity index (χ3v) is 4.56. The number of ether oxygens (including phenoxy) is 2. The van der Waals surface area contributed by atoms with Crippen molar-refractivity contribution in [3.8, 4) is 11.5 Å². The van der Waals surface area contributed by atoms with E-state index in [-0.39, 0.29) is 18.2 Å². The first-order valence-electron chi connectivity index (χ1n) is 7.75. The molecule has 118 valence electrons. The average molecular weight is 311 g/mol. The number of rotatable bonds is 3. The van der Waals surface area contributed by atoms with E-state index in [2.05, 4.69) is 15.3 Å². The smallest absolute Gasteiger partial charge is 0.255 e. The maximum absolute atomic E-state index is 12.6. The number of fused-ring (bicyclic) bond motifs is 1. The van der Waals surface area contributed by atoms with Crippen LogP contribution in [0.4, 0.5) is 0 Å². The summed E-state index contributed by atoms with van der Waals surface area (Å²) in [6.07, 6.45) is 8.47. The summed E-state index contributed by atoms with van der Waals surface area (Å²) in [5.41, 5.74) is 1.16. The van der Waals surface area contributed by atoms with E-state index < -0.39 is 0 Å². The molecule has 0 atom stereocenters. The molecule has 2 heterocycles. The molecule has 1 N–H and O–H groups in total. The summed E-state index contributed by atoms with van der Waals surface area (Å²) in [5, 5.41) is 3.20. The van der Waals surface area contributed by atoms with Crippen molar-refractivity contribution in [2.45, 2.75) is 31.2 Å². The Morgan fingerprint density at radius 3 is 2.61 bits per heavy atom. The second-order valence-electron chi connectivity index (χ2n) is 5.94. The molecule has 0 radical (unpaired) electrons. The molecule has 2 aromatic rings. The Kier molecular flexibility index (Phi) is 3.37. The van der Waals surface area contributed by atoms with Gasteiger partial charge in [0.1, 0.15) is 6.33 Å². The average Bonchev–Trinajstić information content (AvgIpc) is 3.24. The number of aromatic nitrogens is 2. The summed E-state index contributed by atoms with van der Waals surface area (Å²) < 4.78 is 10.9. The van der Waals surface area contributed by atoms with Gasteiger partial charge in [0, 0.05) is 12.4 Å². The van der Waals surface area contributed by atoms with Gasteiger partial charge in [-0.1, -0.05) is 18.9 Å². The Morgan fingerprint density at radius 1 is 1.09 bits per heavy atom. The Hall–Kier alpha value is -2.63. The molecule has 6 nitrogen and oxygen atoms in total. The van der Waals surface area contributed by atoms with Gasteiger partial charge in [0.15, 0.2) is 11.5 Å². The van der Waals surface area contributed by atoms with Gasteiger partial charge in [0.05, 0.1) is 11.1 Å². The molecular formula is C17H17N3O3. The van der Waals surface area contributed by atoms with Crippen LogP contribution in [0.2, 0.25) is 0 Å². The van der Waals surface area contributed by atoms with Gasteiger partial charge in [-0.15, -0.1) is 0 Å². The van der Waals surface area contributed by atoms with Crippen LogP contribution in [0.5, 0.6) is 11.5 Å². The molecule has 1 fully saturated rings. The molecule has 23 heavy (non-hydrogen) atoms. The van der Waals surface area contributed by atoms with Crippen LogP contribution in [0.1, 0.15) is 41.6 Å². The lowest BCUT2D eigenvalue weighted by Crippen LogP contribution is -2.43. The minimum absolute atomic E-state index is 0.148. The Bertz CT molecular complexity index is 727. The summed E-state index contributed by atoms with van der Waals surface area (Å²) in [7, 11) is 0. The lowest BCUT2D eigenvalue weighted by Gasteiger charge is -2.31. The molecule has 0 saturated heterocycles. The highest BCUT2D eigenvalue weighted by Crippen LogP contribution is 2.43. The highest BCUT2D eigenvalue weighted by Gasteiger charge is 2.38. The normalized spacial score (nSPS) is 17.9. The maximum atomic E-state index is 12.6. The third kappa shape index (κ3) is 2.50. The monoisotopic (exact) mass is 311 g/mol. The standard InChI is InChI=1S/C17H17N3O3/c21-16(12-8-18-10-19-9-12)20-17(5-1-2-6-17)13-3-4-14-15(7-13)23-11-22-14/h3-4,7-10H,1-2,5-6,11H2,(H,20,21). The number of hydrogen-bond acceptors (Lipinski definition) is 5. The van der Waals surface area contributed by atoms with Crippen molar-refractivity contribution in [2.24, 2.45) is 0 Å². The van der Waals surface area contributed by atoms with E-state index in [9.17, 15) is 4.79 Å². The van der Waals surface area contributed by atoms with E-state index in [1.807, 2.05) is 18.2 Å². The third-order valence-electron chi connectivity index (χ3n) is 4.56. The highest BCUT2D eigenvalue weighted by molar-refractivity contribution is 5.94. The van der Waals surface area contributed by atoms with Crippen LogP contribution in [0, 0.1) is 0 Å². The van der Waals surface area contributed by atoms with Gasteiger partial charge in [-0.05, 0) is 30.5 Å². The van der Waals surface area contributed by atoms with E-state index in [4.69, 9.17) is 9.47 Å². The van der Waals surface area contributed by atoms with Gasteiger partial charge in [-0.25, -0.2) is 9.97 Å². The predicted octanol–water partition coefficient (Wildman–Crippen LogP) is 2.40. The number of carbonyl (C=O) groups excluding carboxylic acids is 1. The molecule has 1 saturated carbocycles. The van der Waals surface area contributed by atoms with Crippen LogP contribution < -0.4 is 14.8 Å². The first-order valence-corrected chi connectivity index (χ1v) is 7.75. The molecule has 2 aliphatic rings.